The van der Waals surface area contributed by atoms with Crippen LogP contribution in [0.15, 0.2) is 61.2 Å². The van der Waals surface area contributed by atoms with Crippen LogP contribution >= 0.6 is 0 Å². The van der Waals surface area contributed by atoms with E-state index in [1.165, 1.54) is 6.33 Å². The van der Waals surface area contributed by atoms with Crippen molar-refractivity contribution in [2.45, 2.75) is 26.4 Å². The van der Waals surface area contributed by atoms with Gasteiger partial charge in [-0.25, -0.2) is 9.67 Å². The highest BCUT2D eigenvalue weighted by Crippen LogP contribution is 2.27. The van der Waals surface area contributed by atoms with Crippen molar-refractivity contribution in [3.63, 3.8) is 0 Å². The number of benzene rings is 2. The van der Waals surface area contributed by atoms with Gasteiger partial charge < -0.3 is 5.32 Å². The first kappa shape index (κ1) is 19.5. The van der Waals surface area contributed by atoms with E-state index in [1.54, 1.807) is 47.4 Å². The molecule has 1 N–H and O–H groups in total. The van der Waals surface area contributed by atoms with Gasteiger partial charge in [0.15, 0.2) is 0 Å². The van der Waals surface area contributed by atoms with Crippen LogP contribution < -0.4 is 5.32 Å². The van der Waals surface area contributed by atoms with E-state index in [2.05, 4.69) is 15.4 Å². The molecule has 152 valence electrons. The second kappa shape index (κ2) is 7.90. The van der Waals surface area contributed by atoms with Crippen molar-refractivity contribution in [2.75, 3.05) is 5.32 Å². The van der Waals surface area contributed by atoms with E-state index in [0.29, 0.717) is 23.4 Å². The highest BCUT2D eigenvalue weighted by molar-refractivity contribution is 6.23. The Bertz CT molecular complexity index is 1060. The lowest BCUT2D eigenvalue weighted by atomic mass is 10.0. The molecule has 0 saturated carbocycles. The minimum Gasteiger partial charge on any atom is -0.324 e. The Balaban J connectivity index is 1.51. The van der Waals surface area contributed by atoms with E-state index in [-0.39, 0.29) is 5.92 Å². The number of nitrogens with one attached hydrogen (secondary N) is 1. The standard InChI is InChI=1S/C22H21N5O3/c1-14(2)19(27-21(29)17-5-3-4-6-18(17)22(27)30)20(28)25-16-9-7-15(8-10-16)11-26-13-23-12-24-26/h3-10,12-14,19H,11H2,1-2H3,(H,25,28). The molecule has 1 unspecified atom stereocenters. The third-order valence-corrected chi connectivity index (χ3v) is 5.04. The number of aromatic nitrogens is 3. The number of hydrogen-bond donors (Lipinski definition) is 1. The summed E-state index contributed by atoms with van der Waals surface area (Å²) < 4.78 is 1.70. The van der Waals surface area contributed by atoms with Crippen LogP contribution in [0.1, 0.15) is 40.1 Å². The summed E-state index contributed by atoms with van der Waals surface area (Å²) in [6.45, 7) is 4.20. The van der Waals surface area contributed by atoms with E-state index in [1.807, 2.05) is 26.0 Å². The second-order valence-corrected chi connectivity index (χ2v) is 7.49. The van der Waals surface area contributed by atoms with Gasteiger partial charge in [0.05, 0.1) is 17.7 Å². The number of anilines is 1. The molecule has 2 heterocycles. The minimum absolute atomic E-state index is 0.251. The first-order valence-corrected chi connectivity index (χ1v) is 9.65. The lowest BCUT2D eigenvalue weighted by Gasteiger charge is -2.28. The third-order valence-electron chi connectivity index (χ3n) is 5.04. The predicted octanol–water partition coefficient (Wildman–Crippen LogP) is 2.59. The molecule has 30 heavy (non-hydrogen) atoms. The van der Waals surface area contributed by atoms with Crippen molar-refractivity contribution >= 4 is 23.4 Å². The van der Waals surface area contributed by atoms with Gasteiger partial charge in [-0.3, -0.25) is 19.3 Å². The van der Waals surface area contributed by atoms with Crippen LogP contribution in [0, 0.1) is 5.92 Å². The zero-order valence-electron chi connectivity index (χ0n) is 16.6. The number of rotatable bonds is 6. The average Bonchev–Trinajstić information content (AvgIpc) is 3.32. The SMILES string of the molecule is CC(C)C(C(=O)Nc1ccc(Cn2cncn2)cc1)N1C(=O)c2ccccc2C1=O. The molecule has 0 fully saturated rings. The third kappa shape index (κ3) is 3.59. The van der Waals surface area contributed by atoms with Crippen molar-refractivity contribution < 1.29 is 14.4 Å². The smallest absolute Gasteiger partial charge is 0.262 e. The molecule has 8 nitrogen and oxygen atoms in total. The normalized spacial score (nSPS) is 14.2. The number of carbonyl (C=O) groups excluding carboxylic acids is 3. The highest BCUT2D eigenvalue weighted by Gasteiger charge is 2.43. The van der Waals surface area contributed by atoms with E-state index >= 15 is 0 Å². The van der Waals surface area contributed by atoms with E-state index in [0.717, 1.165) is 10.5 Å². The summed E-state index contributed by atoms with van der Waals surface area (Å²) in [6, 6.07) is 13.0. The molecule has 1 aromatic heterocycles. The molecule has 0 bridgehead atoms. The molecule has 8 heteroatoms. The molecule has 2 aromatic carbocycles. The number of nitrogens with zero attached hydrogens (tertiary/aromatic N) is 4. The largest absolute Gasteiger partial charge is 0.324 e. The monoisotopic (exact) mass is 403 g/mol. The summed E-state index contributed by atoms with van der Waals surface area (Å²) in [5.74, 6) is -1.53. The molecule has 0 saturated heterocycles. The van der Waals surface area contributed by atoms with Crippen LogP contribution in [0.4, 0.5) is 5.69 Å². The van der Waals surface area contributed by atoms with Gasteiger partial charge in [0.2, 0.25) is 5.91 Å². The lowest BCUT2D eigenvalue weighted by molar-refractivity contribution is -0.121. The molecular weight excluding hydrogens is 382 g/mol. The molecule has 3 aromatic rings. The number of imide groups is 1. The maximum absolute atomic E-state index is 13.0. The second-order valence-electron chi connectivity index (χ2n) is 7.49. The fourth-order valence-corrected chi connectivity index (χ4v) is 3.59. The van der Waals surface area contributed by atoms with E-state index in [4.69, 9.17) is 0 Å². The van der Waals surface area contributed by atoms with Crippen LogP contribution in [0.25, 0.3) is 0 Å². The summed E-state index contributed by atoms with van der Waals surface area (Å²) in [6.07, 6.45) is 3.10. The van der Waals surface area contributed by atoms with Crippen LogP contribution in [-0.2, 0) is 11.3 Å². The minimum atomic E-state index is -0.910. The molecule has 4 rings (SSSR count). The van der Waals surface area contributed by atoms with Gasteiger partial charge in [0, 0.05) is 5.69 Å². The Kier molecular flexibility index (Phi) is 5.14. The molecule has 0 aliphatic carbocycles. The number of fused-ring (bicyclic) bond motifs is 1. The Hall–Kier alpha value is -3.81. The molecule has 1 aliphatic rings. The maximum Gasteiger partial charge on any atom is 0.262 e. The summed E-state index contributed by atoms with van der Waals surface area (Å²) in [4.78, 5) is 43.7. The van der Waals surface area contributed by atoms with Crippen LogP contribution in [0.5, 0.6) is 0 Å². The summed E-state index contributed by atoms with van der Waals surface area (Å²) >= 11 is 0. The quantitative estimate of drug-likeness (QED) is 0.638. The van der Waals surface area contributed by atoms with Crippen molar-refractivity contribution in [1.29, 1.82) is 0 Å². The maximum atomic E-state index is 13.0. The van der Waals surface area contributed by atoms with Crippen LogP contribution in [-0.4, -0.2) is 43.4 Å². The Morgan fingerprint density at radius 2 is 1.63 bits per heavy atom. The van der Waals surface area contributed by atoms with E-state index < -0.39 is 23.8 Å². The topological polar surface area (TPSA) is 97.2 Å². The Morgan fingerprint density at radius 1 is 1.00 bits per heavy atom. The fraction of sp³-hybridized carbons (Fsp3) is 0.227. The summed E-state index contributed by atoms with van der Waals surface area (Å²) in [7, 11) is 0. The number of hydrogen-bond acceptors (Lipinski definition) is 5. The predicted molar refractivity (Wildman–Crippen MR) is 110 cm³/mol. The Morgan fingerprint density at radius 3 is 2.17 bits per heavy atom. The number of amides is 3. The molecule has 0 spiro atoms. The number of carbonyl (C=O) groups is 3. The van der Waals surface area contributed by atoms with Crippen LogP contribution in [0.2, 0.25) is 0 Å². The molecule has 0 radical (unpaired) electrons. The van der Waals surface area contributed by atoms with Crippen molar-refractivity contribution in [2.24, 2.45) is 5.92 Å². The highest BCUT2D eigenvalue weighted by atomic mass is 16.2. The van der Waals surface area contributed by atoms with E-state index in [9.17, 15) is 14.4 Å². The zero-order valence-corrected chi connectivity index (χ0v) is 16.6. The van der Waals surface area contributed by atoms with Gasteiger partial charge >= 0.3 is 0 Å². The Labute approximate surface area is 173 Å². The molecule has 1 aliphatic heterocycles. The van der Waals surface area contributed by atoms with Crippen LogP contribution in [0.3, 0.4) is 0 Å². The van der Waals surface area contributed by atoms with Crippen molar-refractivity contribution in [3.05, 3.63) is 77.9 Å². The van der Waals surface area contributed by atoms with Gasteiger partial charge in [-0.1, -0.05) is 38.1 Å². The van der Waals surface area contributed by atoms with Gasteiger partial charge in [0.25, 0.3) is 11.8 Å². The first-order valence-electron chi connectivity index (χ1n) is 9.65. The molecular formula is C22H21N5O3. The van der Waals surface area contributed by atoms with Crippen molar-refractivity contribution in [1.82, 2.24) is 19.7 Å². The molecule has 1 atom stereocenters. The average molecular weight is 403 g/mol. The van der Waals surface area contributed by atoms with Gasteiger partial charge in [0.1, 0.15) is 18.7 Å². The van der Waals surface area contributed by atoms with Crippen molar-refractivity contribution in [3.8, 4) is 0 Å². The summed E-state index contributed by atoms with van der Waals surface area (Å²) in [5, 5.41) is 6.90. The van der Waals surface area contributed by atoms with Gasteiger partial charge in [-0.15, -0.1) is 0 Å². The zero-order chi connectivity index (χ0) is 21.3. The molecule has 3 amide bonds. The fourth-order valence-electron chi connectivity index (χ4n) is 3.59. The van der Waals surface area contributed by atoms with Gasteiger partial charge in [-0.2, -0.15) is 5.10 Å². The first-order chi connectivity index (χ1) is 14.5. The van der Waals surface area contributed by atoms with Gasteiger partial charge in [-0.05, 0) is 35.7 Å². The lowest BCUT2D eigenvalue weighted by Crippen LogP contribution is -2.50. The summed E-state index contributed by atoms with van der Waals surface area (Å²) in [5.41, 5.74) is 2.25.